The van der Waals surface area contributed by atoms with Gasteiger partial charge in [-0.05, 0) is 41.2 Å². The van der Waals surface area contributed by atoms with E-state index in [0.29, 0.717) is 11.4 Å². The SMILES string of the molecule is CC(C)(C)[C@H](c1nc(-c2cc(F)ccc2F)cn1Cc1ccccc1)N(CC[C@H](N)CF)C(=O)CNC(=O)[C@H](c1ccccc1)N1C(=O)C=CC1=O. The molecule has 3 N–H and O–H groups in total. The number of hydrogen-bond donors (Lipinski definition) is 2. The third-order valence-electron chi connectivity index (χ3n) is 8.72. The number of benzene rings is 3. The van der Waals surface area contributed by atoms with Crippen LogP contribution in [0.2, 0.25) is 0 Å². The summed E-state index contributed by atoms with van der Waals surface area (Å²) >= 11 is 0. The summed E-state index contributed by atoms with van der Waals surface area (Å²) in [5.41, 5.74) is 6.51. The number of nitrogens with two attached hydrogens (primary N) is 1. The Morgan fingerprint density at radius 2 is 1.58 bits per heavy atom. The number of nitrogens with zero attached hydrogens (tertiary/aromatic N) is 4. The van der Waals surface area contributed by atoms with Crippen LogP contribution in [0.4, 0.5) is 13.2 Å². The number of carbonyl (C=O) groups excluding carboxylic acids is 4. The van der Waals surface area contributed by atoms with Gasteiger partial charge in [0.25, 0.3) is 11.8 Å². The zero-order chi connectivity index (χ0) is 37.6. The summed E-state index contributed by atoms with van der Waals surface area (Å²) in [4.78, 5) is 60.5. The topological polar surface area (TPSA) is 131 Å². The lowest BCUT2D eigenvalue weighted by Gasteiger charge is -2.40. The molecule has 5 rings (SSSR count). The van der Waals surface area contributed by atoms with Gasteiger partial charge in [0.15, 0.2) is 0 Å². The Morgan fingerprint density at radius 1 is 0.942 bits per heavy atom. The summed E-state index contributed by atoms with van der Waals surface area (Å²) in [5, 5.41) is 2.61. The third kappa shape index (κ3) is 8.65. The van der Waals surface area contributed by atoms with Gasteiger partial charge >= 0.3 is 0 Å². The maximum absolute atomic E-state index is 15.1. The van der Waals surface area contributed by atoms with E-state index in [2.05, 4.69) is 5.32 Å². The number of imide groups is 1. The number of nitrogens with one attached hydrogen (secondary N) is 1. The molecule has 2 heterocycles. The Balaban J connectivity index is 1.54. The highest BCUT2D eigenvalue weighted by molar-refractivity contribution is 6.15. The van der Waals surface area contributed by atoms with Crippen molar-refractivity contribution in [1.82, 2.24) is 24.7 Å². The highest BCUT2D eigenvalue weighted by Crippen LogP contribution is 2.40. The highest BCUT2D eigenvalue weighted by atomic mass is 19.1. The fraction of sp³-hybridized carbons (Fsp3) is 0.308. The average molecular weight is 715 g/mol. The molecular weight excluding hydrogens is 673 g/mol. The van der Waals surface area contributed by atoms with Crippen molar-refractivity contribution in [2.75, 3.05) is 19.8 Å². The standard InChI is InChI=1S/C39H41F3N6O4/c1-39(2,3)36(37-45-31(29-20-27(41)14-15-30(29)42)24-46(37)23-25-10-6-4-7-11-25)47(19-18-28(43)21-40)34(51)22-44-38(52)35(26-12-8-5-9-13-26)48-32(49)16-17-33(48)50/h4-17,20,24,28,35-36H,18-19,21-23,43H2,1-3H3,(H,44,52)/t28-,35-,36-/m0/s1. The first-order valence-electron chi connectivity index (χ1n) is 16.8. The molecule has 0 fully saturated rings. The molecule has 0 saturated carbocycles. The number of halogens is 3. The van der Waals surface area contributed by atoms with Crippen LogP contribution in [0.25, 0.3) is 11.3 Å². The van der Waals surface area contributed by atoms with Crippen LogP contribution in [0.5, 0.6) is 0 Å². The number of hydrogen-bond acceptors (Lipinski definition) is 6. The van der Waals surface area contributed by atoms with Gasteiger partial charge in [0.05, 0.1) is 18.3 Å². The molecule has 1 aromatic heterocycles. The van der Waals surface area contributed by atoms with Crippen molar-refractivity contribution < 1.29 is 32.3 Å². The van der Waals surface area contributed by atoms with Gasteiger partial charge in [-0.1, -0.05) is 81.4 Å². The second kappa shape index (κ2) is 16.2. The number of imidazole rings is 1. The van der Waals surface area contributed by atoms with Crippen LogP contribution in [-0.4, -0.2) is 68.8 Å². The zero-order valence-electron chi connectivity index (χ0n) is 29.1. The molecule has 10 nitrogen and oxygen atoms in total. The molecule has 0 saturated heterocycles. The Morgan fingerprint density at radius 3 is 2.19 bits per heavy atom. The minimum Gasteiger partial charge on any atom is -0.345 e. The Labute approximate surface area is 300 Å². The molecule has 0 aliphatic carbocycles. The minimum atomic E-state index is -1.36. The molecule has 1 aliphatic rings. The van der Waals surface area contributed by atoms with Crippen LogP contribution in [0.15, 0.2) is 97.2 Å². The third-order valence-corrected chi connectivity index (χ3v) is 8.72. The molecule has 0 spiro atoms. The van der Waals surface area contributed by atoms with Crippen molar-refractivity contribution in [3.05, 3.63) is 126 Å². The second-order valence-corrected chi connectivity index (χ2v) is 13.7. The summed E-state index contributed by atoms with van der Waals surface area (Å²) in [6.07, 6.45) is 3.80. The van der Waals surface area contributed by atoms with Gasteiger partial charge in [-0.15, -0.1) is 0 Å². The van der Waals surface area contributed by atoms with Crippen LogP contribution in [-0.2, 0) is 25.7 Å². The van der Waals surface area contributed by atoms with E-state index < -0.39 is 72.0 Å². The molecular formula is C39H41F3N6O4. The van der Waals surface area contributed by atoms with Crippen LogP contribution in [0.3, 0.4) is 0 Å². The van der Waals surface area contributed by atoms with Crippen molar-refractivity contribution >= 4 is 23.6 Å². The fourth-order valence-corrected chi connectivity index (χ4v) is 6.23. The number of alkyl halides is 1. The van der Waals surface area contributed by atoms with Crippen LogP contribution in [0, 0.1) is 17.0 Å². The van der Waals surface area contributed by atoms with Crippen molar-refractivity contribution in [2.45, 2.75) is 51.9 Å². The van der Waals surface area contributed by atoms with E-state index >= 15 is 4.39 Å². The quantitative estimate of drug-likeness (QED) is 0.172. The molecule has 1 aliphatic heterocycles. The van der Waals surface area contributed by atoms with E-state index in [0.717, 1.165) is 40.8 Å². The number of rotatable bonds is 14. The molecule has 13 heteroatoms. The predicted molar refractivity (Wildman–Crippen MR) is 189 cm³/mol. The Bertz CT molecular complexity index is 1930. The minimum absolute atomic E-state index is 0.0429. The van der Waals surface area contributed by atoms with Crippen molar-refractivity contribution in [3.63, 3.8) is 0 Å². The molecule has 0 bridgehead atoms. The summed E-state index contributed by atoms with van der Waals surface area (Å²) in [7, 11) is 0. The van der Waals surface area contributed by atoms with E-state index in [4.69, 9.17) is 10.7 Å². The largest absolute Gasteiger partial charge is 0.345 e. The monoisotopic (exact) mass is 714 g/mol. The first-order valence-corrected chi connectivity index (χ1v) is 16.8. The molecule has 4 aromatic rings. The maximum Gasteiger partial charge on any atom is 0.254 e. The van der Waals surface area contributed by atoms with Crippen LogP contribution >= 0.6 is 0 Å². The van der Waals surface area contributed by atoms with E-state index in [1.54, 1.807) is 41.1 Å². The summed E-state index contributed by atoms with van der Waals surface area (Å²) in [5.74, 6) is -3.71. The second-order valence-electron chi connectivity index (χ2n) is 13.7. The van der Waals surface area contributed by atoms with Crippen molar-refractivity contribution in [2.24, 2.45) is 11.1 Å². The molecule has 4 amide bonds. The zero-order valence-corrected chi connectivity index (χ0v) is 29.1. The predicted octanol–water partition coefficient (Wildman–Crippen LogP) is 5.26. The summed E-state index contributed by atoms with van der Waals surface area (Å²) in [6, 6.07) is 17.6. The fourth-order valence-electron chi connectivity index (χ4n) is 6.23. The maximum atomic E-state index is 15.1. The molecule has 52 heavy (non-hydrogen) atoms. The number of carbonyl (C=O) groups is 4. The van der Waals surface area contributed by atoms with Crippen LogP contribution in [0.1, 0.15) is 56.2 Å². The lowest BCUT2D eigenvalue weighted by atomic mass is 9.84. The van der Waals surface area contributed by atoms with Gasteiger partial charge in [0.2, 0.25) is 11.8 Å². The molecule has 272 valence electrons. The lowest BCUT2D eigenvalue weighted by molar-refractivity contribution is -0.146. The van der Waals surface area contributed by atoms with E-state index in [9.17, 15) is 28.0 Å². The smallest absolute Gasteiger partial charge is 0.254 e. The first-order chi connectivity index (χ1) is 24.8. The van der Waals surface area contributed by atoms with E-state index in [1.165, 1.54) is 4.90 Å². The Kier molecular flexibility index (Phi) is 11.7. The number of aromatic nitrogens is 2. The van der Waals surface area contributed by atoms with Crippen LogP contribution < -0.4 is 11.1 Å². The molecule has 0 unspecified atom stereocenters. The first kappa shape index (κ1) is 37.7. The molecule has 0 radical (unpaired) electrons. The molecule has 3 atom stereocenters. The lowest BCUT2D eigenvalue weighted by Crippen LogP contribution is -2.50. The normalized spacial score (nSPS) is 14.7. The molecule has 3 aromatic carbocycles. The van der Waals surface area contributed by atoms with Crippen molar-refractivity contribution in [3.8, 4) is 11.3 Å². The van der Waals surface area contributed by atoms with Gasteiger partial charge in [0, 0.05) is 43.0 Å². The van der Waals surface area contributed by atoms with E-state index in [-0.39, 0.29) is 30.8 Å². The summed E-state index contributed by atoms with van der Waals surface area (Å²) < 4.78 is 44.9. The average Bonchev–Trinajstić information content (AvgIpc) is 3.68. The number of amides is 4. The van der Waals surface area contributed by atoms with Gasteiger partial charge in [-0.2, -0.15) is 0 Å². The van der Waals surface area contributed by atoms with Gasteiger partial charge in [0.1, 0.15) is 30.2 Å². The van der Waals surface area contributed by atoms with Gasteiger partial charge < -0.3 is 20.5 Å². The Hall–Kier alpha value is -5.56. The van der Waals surface area contributed by atoms with Gasteiger partial charge in [-0.25, -0.2) is 18.2 Å². The highest BCUT2D eigenvalue weighted by Gasteiger charge is 2.40. The van der Waals surface area contributed by atoms with Gasteiger partial charge in [-0.3, -0.25) is 24.1 Å². The van der Waals surface area contributed by atoms with Crippen molar-refractivity contribution in [1.29, 1.82) is 0 Å². The van der Waals surface area contributed by atoms with E-state index in [1.807, 2.05) is 51.1 Å². The summed E-state index contributed by atoms with van der Waals surface area (Å²) in [6.45, 7) is 4.44.